The second-order valence-electron chi connectivity index (χ2n) is 21.9. The van der Waals surface area contributed by atoms with Gasteiger partial charge in [-0.25, -0.2) is 0 Å². The van der Waals surface area contributed by atoms with Crippen LogP contribution in [0.15, 0.2) is 289 Å². The van der Waals surface area contributed by atoms with E-state index in [2.05, 4.69) is 243 Å². The molecule has 0 unspecified atom stereocenters. The number of hydrogen-bond donors (Lipinski definition) is 0. The second kappa shape index (κ2) is 17.7. The third-order valence-electron chi connectivity index (χ3n) is 17.0. The third kappa shape index (κ3) is 7.42. The van der Waals surface area contributed by atoms with Crippen LogP contribution in [-0.4, -0.2) is 0 Å². The van der Waals surface area contributed by atoms with Gasteiger partial charge in [0.15, 0.2) is 0 Å². The lowest BCUT2D eigenvalue weighted by Gasteiger charge is -2.13. The number of fused-ring (bicyclic) bond motifs is 15. The van der Waals surface area contributed by atoms with E-state index in [0.717, 1.165) is 171 Å². The molecule has 0 N–H and O–H groups in total. The SMILES string of the molecule is c1ccc(-c2ccc3oc4ccc(-c5cccc(-c6cc(-c7ccc8oc9cc%10oc%11ccc(-c%12ccccc%12)cc%11c%10cc9c8c7)cc(-c7ccc8oc9cc%10oc%11ccc(-c%12ccccc%12)cc%11c%10cc9c8c7)c6)c5)cc4c3c2)cc1. The van der Waals surface area contributed by atoms with E-state index in [4.69, 9.17) is 22.1 Å². The first-order valence-corrected chi connectivity index (χ1v) is 28.1. The van der Waals surface area contributed by atoms with Crippen LogP contribution in [0, 0.1) is 0 Å². The molecule has 0 aliphatic rings. The highest BCUT2D eigenvalue weighted by Gasteiger charge is 2.20. The highest BCUT2D eigenvalue weighted by atomic mass is 16.4. The number of benzene rings is 13. The Labute approximate surface area is 474 Å². The van der Waals surface area contributed by atoms with Crippen LogP contribution in [0.5, 0.6) is 0 Å². The van der Waals surface area contributed by atoms with Crippen LogP contribution in [0.1, 0.15) is 0 Å². The first-order valence-electron chi connectivity index (χ1n) is 28.1. The minimum absolute atomic E-state index is 0.787. The Morgan fingerprint density at radius 2 is 0.325 bits per heavy atom. The van der Waals surface area contributed by atoms with Gasteiger partial charge < -0.3 is 22.1 Å². The predicted octanol–water partition coefficient (Wildman–Crippen LogP) is 22.9. The second-order valence-corrected chi connectivity index (χ2v) is 21.9. The summed E-state index contributed by atoms with van der Waals surface area (Å²) in [5, 5.41) is 10.6. The van der Waals surface area contributed by atoms with Crippen LogP contribution < -0.4 is 0 Å². The fourth-order valence-corrected chi connectivity index (χ4v) is 12.8. The zero-order chi connectivity index (χ0) is 54.3. The molecule has 386 valence electrons. The molecular weight excluding hydrogens is 1020 g/mol. The molecule has 5 heteroatoms. The maximum atomic E-state index is 6.61. The molecule has 83 heavy (non-hydrogen) atoms. The molecule has 5 heterocycles. The fraction of sp³-hybridized carbons (Fsp3) is 0. The lowest BCUT2D eigenvalue weighted by molar-refractivity contribution is 0.655. The van der Waals surface area contributed by atoms with Gasteiger partial charge in [-0.1, -0.05) is 146 Å². The first-order chi connectivity index (χ1) is 41.0. The normalized spacial score (nSPS) is 12.1. The zero-order valence-electron chi connectivity index (χ0n) is 44.4. The van der Waals surface area contributed by atoms with Crippen LogP contribution in [-0.2, 0) is 0 Å². The van der Waals surface area contributed by atoms with E-state index in [9.17, 15) is 0 Å². The molecule has 18 aromatic rings. The van der Waals surface area contributed by atoms with E-state index < -0.39 is 0 Å². The Morgan fingerprint density at radius 3 is 0.627 bits per heavy atom. The summed E-state index contributed by atoms with van der Waals surface area (Å²) in [4.78, 5) is 0. The van der Waals surface area contributed by atoms with E-state index in [1.807, 2.05) is 24.3 Å². The number of furan rings is 5. The minimum atomic E-state index is 0.787. The zero-order valence-corrected chi connectivity index (χ0v) is 44.4. The molecule has 5 nitrogen and oxygen atoms in total. The monoisotopic (exact) mass is 1060 g/mol. The minimum Gasteiger partial charge on any atom is -0.456 e. The number of rotatable bonds is 7. The smallest absolute Gasteiger partial charge is 0.139 e. The lowest BCUT2D eigenvalue weighted by Crippen LogP contribution is -1.87. The molecular formula is C78H44O5. The van der Waals surface area contributed by atoms with Gasteiger partial charge in [-0.05, 0) is 187 Å². The van der Waals surface area contributed by atoms with Gasteiger partial charge in [-0.2, -0.15) is 0 Å². The van der Waals surface area contributed by atoms with Crippen molar-refractivity contribution in [3.63, 3.8) is 0 Å². The van der Waals surface area contributed by atoms with Crippen molar-refractivity contribution in [2.45, 2.75) is 0 Å². The van der Waals surface area contributed by atoms with Crippen molar-refractivity contribution < 1.29 is 22.1 Å². The van der Waals surface area contributed by atoms with Crippen molar-refractivity contribution in [3.05, 3.63) is 267 Å². The molecule has 0 aliphatic heterocycles. The highest BCUT2D eigenvalue weighted by Crippen LogP contribution is 2.44. The average Bonchev–Trinajstić information content (AvgIpc) is 2.63. The van der Waals surface area contributed by atoms with Crippen molar-refractivity contribution in [2.75, 3.05) is 0 Å². The Kier molecular flexibility index (Phi) is 9.73. The summed E-state index contributed by atoms with van der Waals surface area (Å²) in [6, 6.07) is 95.0. The van der Waals surface area contributed by atoms with Crippen LogP contribution in [0.2, 0.25) is 0 Å². The summed E-state index contributed by atoms with van der Waals surface area (Å²) in [6.45, 7) is 0. The molecule has 0 saturated carbocycles. The van der Waals surface area contributed by atoms with Gasteiger partial charge in [0.1, 0.15) is 55.8 Å². The van der Waals surface area contributed by atoms with E-state index in [1.165, 1.54) is 16.7 Å². The molecule has 0 bridgehead atoms. The molecule has 13 aromatic carbocycles. The summed E-state index contributed by atoms with van der Waals surface area (Å²) in [6.07, 6.45) is 0. The molecule has 0 radical (unpaired) electrons. The van der Waals surface area contributed by atoms with Gasteiger partial charge in [-0.15, -0.1) is 0 Å². The molecule has 18 rings (SSSR count). The predicted molar refractivity (Wildman–Crippen MR) is 341 cm³/mol. The van der Waals surface area contributed by atoms with Crippen LogP contribution in [0.25, 0.3) is 188 Å². The third-order valence-corrected chi connectivity index (χ3v) is 17.0. The maximum absolute atomic E-state index is 6.61. The van der Waals surface area contributed by atoms with Crippen molar-refractivity contribution in [1.29, 1.82) is 0 Å². The standard InChI is InChI=1S/C78H44O5/c1-4-11-45(12-5-1)50-19-25-69-59(35-50)60-38-53(22-28-70(60)79-69)48-17-10-18-49(31-48)56-32-57(54-23-29-73-63(39-54)67-41-65-61-36-51(46-13-6-2-7-14-46)20-26-71(61)80-75(65)43-77(67)82-73)34-58(33-56)55-24-30-74-64(40-55)68-42-66-62-37-52(47-15-8-3-9-16-47)21-27-72(62)81-76(66)44-78(68)83-74/h1-44H. The van der Waals surface area contributed by atoms with Gasteiger partial charge in [-0.3, -0.25) is 0 Å². The summed E-state index contributed by atoms with van der Waals surface area (Å²) in [5.41, 5.74) is 24.0. The first kappa shape index (κ1) is 45.7. The Balaban J connectivity index is 0.792. The summed E-state index contributed by atoms with van der Waals surface area (Å²) in [7, 11) is 0. The summed E-state index contributed by atoms with van der Waals surface area (Å²) < 4.78 is 32.6. The van der Waals surface area contributed by atoms with Crippen molar-refractivity contribution in [2.24, 2.45) is 0 Å². The van der Waals surface area contributed by atoms with Gasteiger partial charge in [0, 0.05) is 66.0 Å². The summed E-state index contributed by atoms with van der Waals surface area (Å²) >= 11 is 0. The topological polar surface area (TPSA) is 65.7 Å². The quantitative estimate of drug-likeness (QED) is 0.159. The molecule has 0 aliphatic carbocycles. The van der Waals surface area contributed by atoms with Crippen LogP contribution in [0.4, 0.5) is 0 Å². The Bertz CT molecular complexity index is 5420. The van der Waals surface area contributed by atoms with E-state index in [-0.39, 0.29) is 0 Å². The van der Waals surface area contributed by atoms with Crippen molar-refractivity contribution in [3.8, 4) is 77.9 Å². The van der Waals surface area contributed by atoms with Gasteiger partial charge in [0.05, 0.1) is 0 Å². The van der Waals surface area contributed by atoms with Gasteiger partial charge in [0.25, 0.3) is 0 Å². The molecule has 0 fully saturated rings. The largest absolute Gasteiger partial charge is 0.456 e. The lowest BCUT2D eigenvalue weighted by atomic mass is 9.91. The molecule has 0 amide bonds. The van der Waals surface area contributed by atoms with Crippen LogP contribution in [0.3, 0.4) is 0 Å². The maximum Gasteiger partial charge on any atom is 0.139 e. The summed E-state index contributed by atoms with van der Waals surface area (Å²) in [5.74, 6) is 0. The van der Waals surface area contributed by atoms with E-state index in [0.29, 0.717) is 0 Å². The van der Waals surface area contributed by atoms with Crippen molar-refractivity contribution in [1.82, 2.24) is 0 Å². The Hall–Kier alpha value is -11.1. The molecule has 0 saturated heterocycles. The van der Waals surface area contributed by atoms with Crippen molar-refractivity contribution >= 4 is 110 Å². The van der Waals surface area contributed by atoms with E-state index in [1.54, 1.807) is 0 Å². The van der Waals surface area contributed by atoms with Gasteiger partial charge >= 0.3 is 0 Å². The Morgan fingerprint density at radius 1 is 0.120 bits per heavy atom. The van der Waals surface area contributed by atoms with E-state index >= 15 is 0 Å². The molecule has 0 atom stereocenters. The van der Waals surface area contributed by atoms with Crippen LogP contribution >= 0.6 is 0 Å². The van der Waals surface area contributed by atoms with Gasteiger partial charge in [0.2, 0.25) is 0 Å². The number of hydrogen-bond acceptors (Lipinski definition) is 5. The average molecular weight is 1060 g/mol. The molecule has 0 spiro atoms. The fourth-order valence-electron chi connectivity index (χ4n) is 12.8. The molecule has 5 aromatic heterocycles. The highest BCUT2D eigenvalue weighted by molar-refractivity contribution is 6.18.